The Kier molecular flexibility index (Phi) is 5.76. The first-order valence-corrected chi connectivity index (χ1v) is 7.48. The molecule has 108 valence electrons. The number of nitrogens with one attached hydrogen (secondary N) is 1. The molecule has 0 aliphatic carbocycles. The highest BCUT2D eigenvalue weighted by Crippen LogP contribution is 2.15. The number of rotatable bonds is 8. The van der Waals surface area contributed by atoms with Gasteiger partial charge in [0.1, 0.15) is 12.4 Å². The Hall–Kier alpha value is -1.66. The largest absolute Gasteiger partial charge is 0.477 e. The number of thiophene rings is 1. The zero-order valence-electron chi connectivity index (χ0n) is 11.8. The van der Waals surface area contributed by atoms with Crippen LogP contribution in [-0.2, 0) is 17.8 Å². The van der Waals surface area contributed by atoms with Gasteiger partial charge in [-0.15, -0.1) is 11.3 Å². The van der Waals surface area contributed by atoms with E-state index in [4.69, 9.17) is 9.47 Å². The zero-order chi connectivity index (χ0) is 14.2. The van der Waals surface area contributed by atoms with Crippen LogP contribution in [0.1, 0.15) is 17.6 Å². The maximum Gasteiger partial charge on any atom is 0.218 e. The van der Waals surface area contributed by atoms with Crippen LogP contribution in [0.5, 0.6) is 5.88 Å². The van der Waals surface area contributed by atoms with E-state index in [0.717, 1.165) is 12.2 Å². The second kappa shape index (κ2) is 7.81. The topological polar surface area (TPSA) is 56.3 Å². The minimum absolute atomic E-state index is 0.396. The summed E-state index contributed by atoms with van der Waals surface area (Å²) >= 11 is 1.73. The molecule has 2 aromatic heterocycles. The van der Waals surface area contributed by atoms with Crippen molar-refractivity contribution in [2.24, 2.45) is 0 Å². The van der Waals surface area contributed by atoms with Crippen LogP contribution in [0.2, 0.25) is 0 Å². The molecule has 2 heterocycles. The van der Waals surface area contributed by atoms with Crippen LogP contribution in [0.3, 0.4) is 0 Å². The lowest BCUT2D eigenvalue weighted by Crippen LogP contribution is -2.07. The van der Waals surface area contributed by atoms with Gasteiger partial charge in [0, 0.05) is 31.0 Å². The summed E-state index contributed by atoms with van der Waals surface area (Å²) < 4.78 is 11.0. The summed E-state index contributed by atoms with van der Waals surface area (Å²) in [5.74, 6) is 1.95. The van der Waals surface area contributed by atoms with E-state index in [0.29, 0.717) is 31.5 Å². The van der Waals surface area contributed by atoms with Crippen molar-refractivity contribution in [2.75, 3.05) is 25.6 Å². The molecule has 2 aromatic rings. The number of nitrogens with zero attached hydrogens (tertiary/aromatic N) is 2. The van der Waals surface area contributed by atoms with Gasteiger partial charge < -0.3 is 14.8 Å². The van der Waals surface area contributed by atoms with Gasteiger partial charge in [-0.25, -0.2) is 4.98 Å². The first-order chi connectivity index (χ1) is 9.81. The standard InChI is InChI=1S/C14H19N3O2S/c1-3-18-10-13-16-12(15-2)9-14(17-13)19-7-6-11-5-4-8-20-11/h4-5,8-9H,3,6-7,10H2,1-2H3,(H,15,16,17). The molecule has 0 atom stereocenters. The molecule has 0 fully saturated rings. The first kappa shape index (κ1) is 14.7. The van der Waals surface area contributed by atoms with Gasteiger partial charge in [-0.1, -0.05) is 6.07 Å². The molecule has 0 saturated heterocycles. The van der Waals surface area contributed by atoms with Crippen LogP contribution in [0, 0.1) is 0 Å². The third-order valence-electron chi connectivity index (χ3n) is 2.62. The van der Waals surface area contributed by atoms with E-state index in [1.54, 1.807) is 17.4 Å². The third-order valence-corrected chi connectivity index (χ3v) is 3.56. The fourth-order valence-corrected chi connectivity index (χ4v) is 2.33. The molecule has 0 aromatic carbocycles. The monoisotopic (exact) mass is 293 g/mol. The smallest absolute Gasteiger partial charge is 0.218 e. The second-order valence-electron chi connectivity index (χ2n) is 4.07. The van der Waals surface area contributed by atoms with Crippen molar-refractivity contribution in [3.63, 3.8) is 0 Å². The van der Waals surface area contributed by atoms with Gasteiger partial charge in [0.15, 0.2) is 5.82 Å². The number of aromatic nitrogens is 2. The average molecular weight is 293 g/mol. The van der Waals surface area contributed by atoms with Gasteiger partial charge in [-0.05, 0) is 18.4 Å². The summed E-state index contributed by atoms with van der Waals surface area (Å²) in [6, 6.07) is 5.95. The number of hydrogen-bond acceptors (Lipinski definition) is 6. The molecule has 2 rings (SSSR count). The first-order valence-electron chi connectivity index (χ1n) is 6.60. The zero-order valence-corrected chi connectivity index (χ0v) is 12.6. The highest BCUT2D eigenvalue weighted by Gasteiger charge is 2.05. The summed E-state index contributed by atoms with van der Waals surface area (Å²) in [6.07, 6.45) is 0.886. The van der Waals surface area contributed by atoms with Crippen LogP contribution in [-0.4, -0.2) is 30.2 Å². The molecule has 1 N–H and O–H groups in total. The Labute approximate surface area is 123 Å². The molecule has 0 aliphatic rings. The fourth-order valence-electron chi connectivity index (χ4n) is 1.64. The van der Waals surface area contributed by atoms with Crippen LogP contribution >= 0.6 is 11.3 Å². The summed E-state index contributed by atoms with van der Waals surface area (Å²) in [7, 11) is 1.82. The number of hydrogen-bond donors (Lipinski definition) is 1. The van der Waals surface area contributed by atoms with E-state index in [1.165, 1.54) is 4.88 Å². The second-order valence-corrected chi connectivity index (χ2v) is 5.10. The van der Waals surface area contributed by atoms with Crippen molar-refractivity contribution in [1.29, 1.82) is 0 Å². The molecule has 0 amide bonds. The van der Waals surface area contributed by atoms with Crippen molar-refractivity contribution >= 4 is 17.2 Å². The van der Waals surface area contributed by atoms with Crippen LogP contribution in [0.15, 0.2) is 23.6 Å². The molecular formula is C14H19N3O2S. The Bertz CT molecular complexity index is 517. The number of ether oxygens (including phenoxy) is 2. The predicted molar refractivity (Wildman–Crippen MR) is 80.4 cm³/mol. The van der Waals surface area contributed by atoms with E-state index < -0.39 is 0 Å². The van der Waals surface area contributed by atoms with Gasteiger partial charge >= 0.3 is 0 Å². The Balaban J connectivity index is 1.94. The van der Waals surface area contributed by atoms with Gasteiger partial charge in [0.2, 0.25) is 5.88 Å². The summed E-state index contributed by atoms with van der Waals surface area (Å²) in [5, 5.41) is 5.07. The molecule has 0 spiro atoms. The highest BCUT2D eigenvalue weighted by atomic mass is 32.1. The minimum Gasteiger partial charge on any atom is -0.477 e. The molecule has 0 aliphatic heterocycles. The summed E-state index contributed by atoms with van der Waals surface area (Å²) in [4.78, 5) is 9.97. The highest BCUT2D eigenvalue weighted by molar-refractivity contribution is 7.09. The molecule has 6 heteroatoms. The van der Waals surface area contributed by atoms with E-state index in [2.05, 4.69) is 26.7 Å². The van der Waals surface area contributed by atoms with Crippen molar-refractivity contribution in [2.45, 2.75) is 20.0 Å². The summed E-state index contributed by atoms with van der Waals surface area (Å²) in [5.41, 5.74) is 0. The van der Waals surface area contributed by atoms with Gasteiger partial charge in [0.25, 0.3) is 0 Å². The lowest BCUT2D eigenvalue weighted by Gasteiger charge is -2.09. The Morgan fingerprint density at radius 3 is 2.95 bits per heavy atom. The summed E-state index contributed by atoms with van der Waals surface area (Å²) in [6.45, 7) is 3.59. The SMILES string of the molecule is CCOCc1nc(NC)cc(OCCc2cccs2)n1. The van der Waals surface area contributed by atoms with Gasteiger partial charge in [-0.3, -0.25) is 0 Å². The molecule has 0 saturated carbocycles. The lowest BCUT2D eigenvalue weighted by molar-refractivity contribution is 0.127. The maximum absolute atomic E-state index is 5.70. The molecule has 20 heavy (non-hydrogen) atoms. The minimum atomic E-state index is 0.396. The van der Waals surface area contributed by atoms with Crippen LogP contribution in [0.25, 0.3) is 0 Å². The van der Waals surface area contributed by atoms with Crippen molar-refractivity contribution < 1.29 is 9.47 Å². The molecule has 0 unspecified atom stereocenters. The van der Waals surface area contributed by atoms with Crippen molar-refractivity contribution in [3.05, 3.63) is 34.3 Å². The predicted octanol–water partition coefficient (Wildman–Crippen LogP) is 2.74. The third kappa shape index (κ3) is 4.47. The van der Waals surface area contributed by atoms with E-state index >= 15 is 0 Å². The normalized spacial score (nSPS) is 10.5. The van der Waals surface area contributed by atoms with E-state index in [-0.39, 0.29) is 0 Å². The Morgan fingerprint density at radius 2 is 2.25 bits per heavy atom. The molecule has 0 bridgehead atoms. The maximum atomic E-state index is 5.70. The molecule has 0 radical (unpaired) electrons. The lowest BCUT2D eigenvalue weighted by atomic mass is 10.4. The number of anilines is 1. The van der Waals surface area contributed by atoms with Gasteiger partial charge in [-0.2, -0.15) is 4.98 Å². The van der Waals surface area contributed by atoms with E-state index in [1.807, 2.05) is 20.0 Å². The van der Waals surface area contributed by atoms with Crippen molar-refractivity contribution in [1.82, 2.24) is 9.97 Å². The van der Waals surface area contributed by atoms with Gasteiger partial charge in [0.05, 0.1) is 6.61 Å². The molecule has 5 nitrogen and oxygen atoms in total. The quantitative estimate of drug-likeness (QED) is 0.811. The van der Waals surface area contributed by atoms with Crippen molar-refractivity contribution in [3.8, 4) is 5.88 Å². The molecular weight excluding hydrogens is 274 g/mol. The fraction of sp³-hybridized carbons (Fsp3) is 0.429. The van der Waals surface area contributed by atoms with Crippen LogP contribution in [0.4, 0.5) is 5.82 Å². The average Bonchev–Trinajstić information content (AvgIpc) is 2.98. The van der Waals surface area contributed by atoms with Crippen LogP contribution < -0.4 is 10.1 Å². The van der Waals surface area contributed by atoms with E-state index in [9.17, 15) is 0 Å². The Morgan fingerprint density at radius 1 is 1.35 bits per heavy atom.